The highest BCUT2D eigenvalue weighted by Crippen LogP contribution is 2.31. The molecule has 2 aromatic rings. The molecule has 0 unspecified atom stereocenters. The van der Waals surface area contributed by atoms with Crippen molar-refractivity contribution in [1.82, 2.24) is 0 Å². The molecule has 2 aromatic carbocycles. The highest BCUT2D eigenvalue weighted by Gasteiger charge is 2.29. The van der Waals surface area contributed by atoms with E-state index >= 15 is 0 Å². The van der Waals surface area contributed by atoms with E-state index in [0.717, 1.165) is 24.0 Å². The van der Waals surface area contributed by atoms with Gasteiger partial charge in [-0.1, -0.05) is 18.2 Å². The van der Waals surface area contributed by atoms with Crippen LogP contribution in [0.1, 0.15) is 17.5 Å². The van der Waals surface area contributed by atoms with Crippen LogP contribution in [0.15, 0.2) is 42.5 Å². The van der Waals surface area contributed by atoms with Gasteiger partial charge in [-0.25, -0.2) is 4.31 Å². The van der Waals surface area contributed by atoms with Crippen molar-refractivity contribution in [2.75, 3.05) is 10.8 Å². The Bertz CT molecular complexity index is 781. The van der Waals surface area contributed by atoms with Gasteiger partial charge in [0.05, 0.1) is 5.69 Å². The molecule has 0 amide bonds. The Labute approximate surface area is 130 Å². The average Bonchev–Trinajstić information content (AvgIpc) is 2.45. The highest BCUT2D eigenvalue weighted by molar-refractivity contribution is 7.88. The summed E-state index contributed by atoms with van der Waals surface area (Å²) in [5.41, 5.74) is 2.38. The molecule has 0 atom stereocenters. The number of anilines is 1. The van der Waals surface area contributed by atoms with Crippen molar-refractivity contribution in [3.63, 3.8) is 0 Å². The second-order valence-corrected chi connectivity index (χ2v) is 6.81. The van der Waals surface area contributed by atoms with Crippen molar-refractivity contribution in [2.45, 2.75) is 19.8 Å². The molecule has 1 aliphatic heterocycles. The number of hydrogen-bond donors (Lipinski definition) is 1. The maximum absolute atomic E-state index is 12.6. The molecule has 0 saturated heterocycles. The van der Waals surface area contributed by atoms with Crippen molar-refractivity contribution in [2.24, 2.45) is 0 Å². The number of rotatable bonds is 3. The highest BCUT2D eigenvalue weighted by atomic mass is 32.2. The van der Waals surface area contributed by atoms with Crippen LogP contribution in [0, 0.1) is 6.92 Å². The number of benzene rings is 2. The predicted octanol–water partition coefficient (Wildman–Crippen LogP) is 2.78. The first-order valence-corrected chi connectivity index (χ1v) is 8.43. The van der Waals surface area contributed by atoms with E-state index in [4.69, 9.17) is 4.18 Å². The lowest BCUT2D eigenvalue weighted by Gasteiger charge is -2.29. The first-order chi connectivity index (χ1) is 10.5. The summed E-state index contributed by atoms with van der Waals surface area (Å²) in [5, 5.41) is 9.57. The molecule has 0 spiro atoms. The van der Waals surface area contributed by atoms with Crippen molar-refractivity contribution in [3.05, 3.63) is 53.6 Å². The Morgan fingerprint density at radius 2 is 1.95 bits per heavy atom. The van der Waals surface area contributed by atoms with E-state index in [1.165, 1.54) is 16.4 Å². The molecular weight excluding hydrogens is 302 g/mol. The van der Waals surface area contributed by atoms with Gasteiger partial charge in [0.1, 0.15) is 11.5 Å². The van der Waals surface area contributed by atoms with Gasteiger partial charge in [0, 0.05) is 12.6 Å². The number of fused-ring (bicyclic) bond motifs is 1. The Morgan fingerprint density at radius 1 is 1.18 bits per heavy atom. The molecule has 116 valence electrons. The summed E-state index contributed by atoms with van der Waals surface area (Å²) in [6.45, 7) is 2.15. The largest absolute Gasteiger partial charge is 0.508 e. The van der Waals surface area contributed by atoms with Gasteiger partial charge in [0.25, 0.3) is 0 Å². The normalized spacial score (nSPS) is 14.5. The minimum atomic E-state index is -3.96. The molecule has 0 aromatic heterocycles. The second-order valence-electron chi connectivity index (χ2n) is 5.35. The van der Waals surface area contributed by atoms with Crippen LogP contribution in [-0.2, 0) is 16.7 Å². The number of hydrogen-bond acceptors (Lipinski definition) is 4. The lowest BCUT2D eigenvalue weighted by molar-refractivity contribution is 0.460. The fourth-order valence-corrected chi connectivity index (χ4v) is 3.88. The molecule has 6 heteroatoms. The molecule has 22 heavy (non-hydrogen) atoms. The van der Waals surface area contributed by atoms with Crippen LogP contribution in [-0.4, -0.2) is 20.1 Å². The summed E-state index contributed by atoms with van der Waals surface area (Å²) in [4.78, 5) is 0. The third-order valence-electron chi connectivity index (χ3n) is 3.57. The standard InChI is InChI=1S/C16H17NO4S/c1-12-9-14(18)11-15(10-12)21-22(19,20)17-8-4-6-13-5-2-3-7-16(13)17/h2-3,5,7,9-11,18H,4,6,8H2,1H3. The molecule has 0 fully saturated rings. The Kier molecular flexibility index (Phi) is 3.70. The van der Waals surface area contributed by atoms with Gasteiger partial charge in [-0.3, -0.25) is 0 Å². The van der Waals surface area contributed by atoms with Crippen LogP contribution in [0.2, 0.25) is 0 Å². The zero-order chi connectivity index (χ0) is 15.7. The summed E-state index contributed by atoms with van der Waals surface area (Å²) < 4.78 is 31.6. The summed E-state index contributed by atoms with van der Waals surface area (Å²) in [5.74, 6) is 0.0878. The zero-order valence-electron chi connectivity index (χ0n) is 12.2. The molecule has 5 nitrogen and oxygen atoms in total. The Morgan fingerprint density at radius 3 is 2.73 bits per heavy atom. The molecule has 3 rings (SSSR count). The van der Waals surface area contributed by atoms with E-state index in [9.17, 15) is 13.5 Å². The summed E-state index contributed by atoms with van der Waals surface area (Å²) in [7, 11) is -3.96. The Balaban J connectivity index is 1.94. The van der Waals surface area contributed by atoms with Crippen LogP contribution >= 0.6 is 0 Å². The summed E-state index contributed by atoms with van der Waals surface area (Å²) >= 11 is 0. The predicted molar refractivity (Wildman–Crippen MR) is 84.5 cm³/mol. The molecule has 0 radical (unpaired) electrons. The molecule has 1 heterocycles. The third-order valence-corrected chi connectivity index (χ3v) is 4.90. The van der Waals surface area contributed by atoms with E-state index in [-0.39, 0.29) is 11.5 Å². The van der Waals surface area contributed by atoms with Gasteiger partial charge < -0.3 is 9.29 Å². The first kappa shape index (κ1) is 14.7. The Hall–Kier alpha value is -2.21. The van der Waals surface area contributed by atoms with Crippen LogP contribution in [0.5, 0.6) is 11.5 Å². The maximum atomic E-state index is 12.6. The van der Waals surface area contributed by atoms with Gasteiger partial charge in [-0.2, -0.15) is 8.42 Å². The number of para-hydroxylation sites is 1. The fraction of sp³-hybridized carbons (Fsp3) is 0.250. The summed E-state index contributed by atoms with van der Waals surface area (Å²) in [6, 6.07) is 11.8. The lowest BCUT2D eigenvalue weighted by atomic mass is 10.0. The molecule has 0 saturated carbocycles. The van der Waals surface area contributed by atoms with Crippen molar-refractivity contribution >= 4 is 16.0 Å². The number of nitrogens with zero attached hydrogens (tertiary/aromatic N) is 1. The minimum absolute atomic E-state index is 0.0238. The average molecular weight is 319 g/mol. The summed E-state index contributed by atoms with van der Waals surface area (Å²) in [6.07, 6.45) is 1.60. The van der Waals surface area contributed by atoms with Gasteiger partial charge in [0.15, 0.2) is 0 Å². The molecule has 1 aliphatic rings. The molecular formula is C16H17NO4S. The number of phenolic OH excluding ortho intramolecular Hbond substituents is 1. The van der Waals surface area contributed by atoms with Crippen molar-refractivity contribution in [1.29, 1.82) is 0 Å². The lowest BCUT2D eigenvalue weighted by Crippen LogP contribution is -2.38. The second kappa shape index (κ2) is 5.53. The van der Waals surface area contributed by atoms with Crippen LogP contribution in [0.3, 0.4) is 0 Å². The number of phenols is 1. The zero-order valence-corrected chi connectivity index (χ0v) is 13.0. The van der Waals surface area contributed by atoms with E-state index in [1.54, 1.807) is 19.1 Å². The molecule has 1 N–H and O–H groups in total. The number of aromatic hydroxyl groups is 1. The van der Waals surface area contributed by atoms with E-state index < -0.39 is 10.3 Å². The van der Waals surface area contributed by atoms with Gasteiger partial charge in [-0.15, -0.1) is 0 Å². The number of aryl methyl sites for hydroxylation is 2. The van der Waals surface area contributed by atoms with Crippen LogP contribution in [0.4, 0.5) is 5.69 Å². The van der Waals surface area contributed by atoms with E-state index in [1.807, 2.05) is 18.2 Å². The molecule has 0 bridgehead atoms. The first-order valence-electron chi connectivity index (χ1n) is 7.06. The van der Waals surface area contributed by atoms with E-state index in [2.05, 4.69) is 0 Å². The minimum Gasteiger partial charge on any atom is -0.508 e. The van der Waals surface area contributed by atoms with Gasteiger partial charge >= 0.3 is 10.3 Å². The van der Waals surface area contributed by atoms with Crippen molar-refractivity contribution < 1.29 is 17.7 Å². The smallest absolute Gasteiger partial charge is 0.409 e. The van der Waals surface area contributed by atoms with Gasteiger partial charge in [-0.05, 0) is 49.1 Å². The maximum Gasteiger partial charge on any atom is 0.409 e. The SMILES string of the molecule is Cc1cc(O)cc(OS(=O)(=O)N2CCCc3ccccc32)c1. The van der Waals surface area contributed by atoms with Crippen LogP contribution in [0.25, 0.3) is 0 Å². The quantitative estimate of drug-likeness (QED) is 0.944. The third kappa shape index (κ3) is 2.87. The van der Waals surface area contributed by atoms with Gasteiger partial charge in [0.2, 0.25) is 0 Å². The van der Waals surface area contributed by atoms with Crippen LogP contribution < -0.4 is 8.49 Å². The monoisotopic (exact) mass is 319 g/mol. The van der Waals surface area contributed by atoms with Crippen molar-refractivity contribution in [3.8, 4) is 11.5 Å². The fourth-order valence-electron chi connectivity index (χ4n) is 2.67. The van der Waals surface area contributed by atoms with E-state index in [0.29, 0.717) is 12.2 Å². The topological polar surface area (TPSA) is 66.8 Å². The molecule has 0 aliphatic carbocycles.